The molecule has 0 aliphatic carbocycles. The quantitative estimate of drug-likeness (QED) is 0.631. The third-order valence-corrected chi connectivity index (χ3v) is 3.53. The zero-order chi connectivity index (χ0) is 14.5. The van der Waals surface area contributed by atoms with Crippen molar-refractivity contribution in [1.82, 2.24) is 10.2 Å². The minimum Gasteiger partial charge on any atom is -0.377 e. The Hall–Kier alpha value is -0.770. The molecule has 1 fully saturated rings. The molecule has 1 N–H and O–H groups in total. The molecule has 0 amide bonds. The van der Waals surface area contributed by atoms with E-state index in [0.29, 0.717) is 12.0 Å². The third-order valence-electron chi connectivity index (χ3n) is 3.53. The van der Waals surface area contributed by atoms with Crippen LogP contribution in [0.25, 0.3) is 0 Å². The fraction of sp³-hybridized carbons (Fsp3) is 0.933. The molecule has 4 heteroatoms. The normalized spacial score (nSPS) is 25.3. The van der Waals surface area contributed by atoms with Crippen LogP contribution in [0.1, 0.15) is 40.5 Å². The van der Waals surface area contributed by atoms with Gasteiger partial charge >= 0.3 is 0 Å². The van der Waals surface area contributed by atoms with Crippen LogP contribution in [0.2, 0.25) is 0 Å². The number of aliphatic imine (C=N–C) groups is 1. The molecule has 1 aliphatic rings. The SMILES string of the molecule is CCNC(=NCC1CCCOC1C(C)(C)C)N(C)C. The number of nitrogens with one attached hydrogen (secondary N) is 1. The van der Waals surface area contributed by atoms with E-state index in [2.05, 4.69) is 33.0 Å². The molecule has 2 unspecified atom stereocenters. The van der Waals surface area contributed by atoms with Crippen molar-refractivity contribution in [2.75, 3.05) is 33.8 Å². The van der Waals surface area contributed by atoms with Crippen LogP contribution in [-0.4, -0.2) is 50.8 Å². The molecule has 0 bridgehead atoms. The first-order valence-corrected chi connectivity index (χ1v) is 7.43. The lowest BCUT2D eigenvalue weighted by atomic mass is 9.78. The van der Waals surface area contributed by atoms with Crippen LogP contribution >= 0.6 is 0 Å². The van der Waals surface area contributed by atoms with Gasteiger partial charge in [0.2, 0.25) is 0 Å². The van der Waals surface area contributed by atoms with Gasteiger partial charge in [-0.3, -0.25) is 4.99 Å². The van der Waals surface area contributed by atoms with Crippen LogP contribution in [0.15, 0.2) is 4.99 Å². The summed E-state index contributed by atoms with van der Waals surface area (Å²) in [4.78, 5) is 6.79. The van der Waals surface area contributed by atoms with Gasteiger partial charge < -0.3 is 15.0 Å². The highest BCUT2D eigenvalue weighted by molar-refractivity contribution is 5.79. The highest BCUT2D eigenvalue weighted by Crippen LogP contribution is 2.34. The molecule has 0 aromatic rings. The molecule has 0 saturated carbocycles. The lowest BCUT2D eigenvalue weighted by Gasteiger charge is -2.39. The van der Waals surface area contributed by atoms with E-state index in [-0.39, 0.29) is 5.41 Å². The number of rotatable bonds is 3. The molecule has 1 heterocycles. The second kappa shape index (κ2) is 7.13. The average Bonchev–Trinajstić information content (AvgIpc) is 2.33. The first kappa shape index (κ1) is 16.3. The van der Waals surface area contributed by atoms with E-state index in [1.807, 2.05) is 19.0 Å². The van der Waals surface area contributed by atoms with Crippen molar-refractivity contribution >= 4 is 5.96 Å². The van der Waals surface area contributed by atoms with E-state index in [9.17, 15) is 0 Å². The van der Waals surface area contributed by atoms with E-state index in [0.717, 1.165) is 32.1 Å². The standard InChI is InChI=1S/C15H31N3O/c1-7-16-14(18(5)6)17-11-12-9-8-10-19-13(12)15(2,3)4/h12-13H,7-11H2,1-6H3,(H,16,17). The maximum Gasteiger partial charge on any atom is 0.193 e. The molecule has 1 aliphatic heterocycles. The molecule has 0 radical (unpaired) electrons. The molecular weight excluding hydrogens is 238 g/mol. The summed E-state index contributed by atoms with van der Waals surface area (Å²) < 4.78 is 6.00. The minimum atomic E-state index is 0.192. The zero-order valence-electron chi connectivity index (χ0n) is 13.5. The molecule has 1 rings (SSSR count). The molecular formula is C15H31N3O. The second-order valence-corrected chi connectivity index (χ2v) is 6.65. The maximum absolute atomic E-state index is 6.00. The van der Waals surface area contributed by atoms with Gasteiger partial charge in [-0.2, -0.15) is 0 Å². The van der Waals surface area contributed by atoms with E-state index >= 15 is 0 Å². The molecule has 19 heavy (non-hydrogen) atoms. The first-order chi connectivity index (χ1) is 8.86. The monoisotopic (exact) mass is 269 g/mol. The van der Waals surface area contributed by atoms with Gasteiger partial charge in [0.1, 0.15) is 0 Å². The number of guanidine groups is 1. The Kier molecular flexibility index (Phi) is 6.11. The van der Waals surface area contributed by atoms with E-state index in [1.165, 1.54) is 6.42 Å². The molecule has 4 nitrogen and oxygen atoms in total. The Morgan fingerprint density at radius 2 is 2.05 bits per heavy atom. The van der Waals surface area contributed by atoms with Crippen molar-refractivity contribution in [3.8, 4) is 0 Å². The summed E-state index contributed by atoms with van der Waals surface area (Å²) in [6.07, 6.45) is 2.69. The van der Waals surface area contributed by atoms with Crippen LogP contribution < -0.4 is 5.32 Å². The van der Waals surface area contributed by atoms with Gasteiger partial charge in [-0.15, -0.1) is 0 Å². The topological polar surface area (TPSA) is 36.9 Å². The van der Waals surface area contributed by atoms with Gasteiger partial charge in [-0.25, -0.2) is 0 Å². The van der Waals surface area contributed by atoms with Crippen molar-refractivity contribution in [3.05, 3.63) is 0 Å². The Labute approximate surface area is 118 Å². The molecule has 0 spiro atoms. The Morgan fingerprint density at radius 1 is 1.37 bits per heavy atom. The predicted octanol–water partition coefficient (Wildman–Crippen LogP) is 2.35. The number of nitrogens with zero attached hydrogens (tertiary/aromatic N) is 2. The number of hydrogen-bond acceptors (Lipinski definition) is 2. The zero-order valence-corrected chi connectivity index (χ0v) is 13.5. The van der Waals surface area contributed by atoms with Crippen molar-refractivity contribution < 1.29 is 4.74 Å². The van der Waals surface area contributed by atoms with Crippen LogP contribution in [0.5, 0.6) is 0 Å². The van der Waals surface area contributed by atoms with Crippen LogP contribution in [-0.2, 0) is 4.74 Å². The maximum atomic E-state index is 6.00. The third kappa shape index (κ3) is 5.01. The van der Waals surface area contributed by atoms with E-state index in [1.54, 1.807) is 0 Å². The minimum absolute atomic E-state index is 0.192. The Morgan fingerprint density at radius 3 is 2.58 bits per heavy atom. The summed E-state index contributed by atoms with van der Waals surface area (Å²) in [6, 6.07) is 0. The van der Waals surface area contributed by atoms with E-state index in [4.69, 9.17) is 9.73 Å². The fourth-order valence-electron chi connectivity index (χ4n) is 2.70. The van der Waals surface area contributed by atoms with Crippen LogP contribution in [0.4, 0.5) is 0 Å². The van der Waals surface area contributed by atoms with Gasteiger partial charge in [0.15, 0.2) is 5.96 Å². The summed E-state index contributed by atoms with van der Waals surface area (Å²) >= 11 is 0. The predicted molar refractivity (Wildman–Crippen MR) is 81.6 cm³/mol. The number of hydrogen-bond donors (Lipinski definition) is 1. The van der Waals surface area contributed by atoms with Gasteiger partial charge in [-0.05, 0) is 25.2 Å². The van der Waals surface area contributed by atoms with Gasteiger partial charge in [0, 0.05) is 39.7 Å². The summed E-state index contributed by atoms with van der Waals surface area (Å²) in [6.45, 7) is 11.5. The molecule has 0 aromatic heterocycles. The summed E-state index contributed by atoms with van der Waals surface area (Å²) in [7, 11) is 4.06. The summed E-state index contributed by atoms with van der Waals surface area (Å²) in [5.41, 5.74) is 0.192. The molecule has 2 atom stereocenters. The highest BCUT2D eigenvalue weighted by Gasteiger charge is 2.35. The molecule has 1 saturated heterocycles. The second-order valence-electron chi connectivity index (χ2n) is 6.65. The largest absolute Gasteiger partial charge is 0.377 e. The summed E-state index contributed by atoms with van der Waals surface area (Å²) in [5.74, 6) is 1.50. The smallest absolute Gasteiger partial charge is 0.193 e. The van der Waals surface area contributed by atoms with Crippen molar-refractivity contribution in [2.45, 2.75) is 46.6 Å². The highest BCUT2D eigenvalue weighted by atomic mass is 16.5. The van der Waals surface area contributed by atoms with Crippen LogP contribution in [0, 0.1) is 11.3 Å². The summed E-state index contributed by atoms with van der Waals surface area (Å²) in [5, 5.41) is 3.31. The number of ether oxygens (including phenoxy) is 1. The lowest BCUT2D eigenvalue weighted by Crippen LogP contribution is -2.42. The van der Waals surface area contributed by atoms with Crippen molar-refractivity contribution in [1.29, 1.82) is 0 Å². The Bertz CT molecular complexity index is 294. The average molecular weight is 269 g/mol. The van der Waals surface area contributed by atoms with E-state index < -0.39 is 0 Å². The molecule has 0 aromatic carbocycles. The fourth-order valence-corrected chi connectivity index (χ4v) is 2.70. The Balaban J connectivity index is 2.69. The van der Waals surface area contributed by atoms with Crippen molar-refractivity contribution in [2.24, 2.45) is 16.3 Å². The molecule has 112 valence electrons. The van der Waals surface area contributed by atoms with Crippen molar-refractivity contribution in [3.63, 3.8) is 0 Å². The van der Waals surface area contributed by atoms with Crippen LogP contribution in [0.3, 0.4) is 0 Å². The van der Waals surface area contributed by atoms with Gasteiger partial charge in [-0.1, -0.05) is 20.8 Å². The van der Waals surface area contributed by atoms with Gasteiger partial charge in [0.25, 0.3) is 0 Å². The first-order valence-electron chi connectivity index (χ1n) is 7.43. The lowest BCUT2D eigenvalue weighted by molar-refractivity contribution is -0.0823. The van der Waals surface area contributed by atoms with Gasteiger partial charge in [0.05, 0.1) is 6.10 Å².